The lowest BCUT2D eigenvalue weighted by molar-refractivity contribution is -0.137. The highest BCUT2D eigenvalue weighted by atomic mass is 35.5. The summed E-state index contributed by atoms with van der Waals surface area (Å²) in [6, 6.07) is 5.82. The lowest BCUT2D eigenvalue weighted by Crippen LogP contribution is -2.38. The molecule has 0 aliphatic carbocycles. The van der Waals surface area contributed by atoms with Gasteiger partial charge < -0.3 is 15.2 Å². The van der Waals surface area contributed by atoms with Gasteiger partial charge in [-0.15, -0.1) is 11.3 Å². The van der Waals surface area contributed by atoms with Crippen LogP contribution in [0.3, 0.4) is 0 Å². The van der Waals surface area contributed by atoms with Crippen molar-refractivity contribution in [2.45, 2.75) is 33.1 Å². The van der Waals surface area contributed by atoms with E-state index in [0.717, 1.165) is 0 Å². The Balaban J connectivity index is 0.000000320. The fraction of sp³-hybridized carbons (Fsp3) is 0.440. The molecule has 3 heterocycles. The van der Waals surface area contributed by atoms with Crippen LogP contribution in [0.5, 0.6) is 0 Å². The largest absolute Gasteiger partial charge is 0.481 e. The summed E-state index contributed by atoms with van der Waals surface area (Å²) in [6.45, 7) is 4.94. The Kier molecular flexibility index (Phi) is 11.3. The topological polar surface area (TPSA) is 104 Å². The van der Waals surface area contributed by atoms with E-state index in [1.165, 1.54) is 30.6 Å². The third kappa shape index (κ3) is 8.81. The number of likely N-dealkylation sites (tertiary alicyclic amines) is 1. The molecule has 0 unspecified atom stereocenters. The number of halogens is 4. The Bertz CT molecular complexity index is 1140. The average Bonchev–Trinajstić information content (AvgIpc) is 3.45. The molecule has 1 fully saturated rings. The number of aliphatic carboxylic acids is 1. The summed E-state index contributed by atoms with van der Waals surface area (Å²) >= 11 is 6.82. The predicted octanol–water partition coefficient (Wildman–Crippen LogP) is 4.86. The molecular formula is C25H30ClF3N4O4S. The number of hydrogen-bond donors (Lipinski definition) is 2. The highest BCUT2D eigenvalue weighted by Gasteiger charge is 2.54. The highest BCUT2D eigenvalue weighted by molar-refractivity contribution is 7.11. The first-order valence-electron chi connectivity index (χ1n) is 11.5. The summed E-state index contributed by atoms with van der Waals surface area (Å²) in [5, 5.41) is 13.8. The van der Waals surface area contributed by atoms with Gasteiger partial charge in [0.15, 0.2) is 10.8 Å². The van der Waals surface area contributed by atoms with Gasteiger partial charge in [0.1, 0.15) is 5.82 Å². The van der Waals surface area contributed by atoms with E-state index in [1.807, 2.05) is 5.38 Å². The number of carbonyl (C=O) groups excluding carboxylic acids is 1. The molecule has 1 saturated heterocycles. The molecule has 13 heteroatoms. The zero-order valence-electron chi connectivity index (χ0n) is 21.4. The number of aliphatic imine (C=N–C) groups is 1. The zero-order valence-corrected chi connectivity index (χ0v) is 23.0. The summed E-state index contributed by atoms with van der Waals surface area (Å²) in [7, 11) is 1.29. The van der Waals surface area contributed by atoms with Crippen molar-refractivity contribution in [3.8, 4) is 0 Å². The molecule has 1 aromatic carbocycles. The van der Waals surface area contributed by atoms with E-state index in [1.54, 1.807) is 44.0 Å². The van der Waals surface area contributed by atoms with E-state index in [4.69, 9.17) is 21.4 Å². The molecule has 0 amide bonds. The van der Waals surface area contributed by atoms with Crippen molar-refractivity contribution < 1.29 is 32.6 Å². The van der Waals surface area contributed by atoms with Crippen LogP contribution in [0, 0.1) is 11.2 Å². The number of nitrogens with one attached hydrogen (secondary N) is 1. The molecule has 8 nitrogen and oxygen atoms in total. The van der Waals surface area contributed by atoms with E-state index >= 15 is 0 Å². The van der Waals surface area contributed by atoms with Gasteiger partial charge in [-0.3, -0.25) is 14.7 Å². The summed E-state index contributed by atoms with van der Waals surface area (Å²) in [4.78, 5) is 31.6. The molecule has 0 spiro atoms. The lowest BCUT2D eigenvalue weighted by atomic mass is 9.89. The molecule has 4 rings (SSSR count). The molecule has 2 aliphatic heterocycles. The van der Waals surface area contributed by atoms with Crippen molar-refractivity contribution in [2.75, 3.05) is 33.3 Å². The first kappa shape index (κ1) is 31.3. The summed E-state index contributed by atoms with van der Waals surface area (Å²) in [5.41, 5.74) is -0.212. The number of thiazole rings is 1. The summed E-state index contributed by atoms with van der Waals surface area (Å²) in [5.74, 6) is -3.78. The Morgan fingerprint density at radius 2 is 1.97 bits per heavy atom. The van der Waals surface area contributed by atoms with Crippen LogP contribution in [-0.2, 0) is 14.3 Å². The molecule has 2 N–H and O–H groups in total. The SMILES string of the molecule is CCC(=O)O.COC(=O)C1=C(CN2CC(C)(C)C(F)(F)C2)NC(c2nccs2)=NC1.Fc1cccc(Cl)c1. The Morgan fingerprint density at radius 3 is 2.42 bits per heavy atom. The molecule has 0 atom stereocenters. The summed E-state index contributed by atoms with van der Waals surface area (Å²) < 4.78 is 45.2. The highest BCUT2D eigenvalue weighted by Crippen LogP contribution is 2.43. The fourth-order valence-electron chi connectivity index (χ4n) is 3.44. The molecule has 0 saturated carbocycles. The van der Waals surface area contributed by atoms with Gasteiger partial charge in [-0.05, 0) is 18.2 Å². The van der Waals surface area contributed by atoms with Crippen molar-refractivity contribution in [1.82, 2.24) is 15.2 Å². The second-order valence-corrected chi connectivity index (χ2v) is 10.3. The predicted molar refractivity (Wildman–Crippen MR) is 140 cm³/mol. The van der Waals surface area contributed by atoms with Crippen molar-refractivity contribution in [3.05, 3.63) is 63.0 Å². The van der Waals surface area contributed by atoms with Crippen LogP contribution in [-0.4, -0.2) is 72.0 Å². The molecule has 1 aromatic heterocycles. The Hall–Kier alpha value is -2.96. The fourth-order valence-corrected chi connectivity index (χ4v) is 4.22. The van der Waals surface area contributed by atoms with Crippen LogP contribution in [0.1, 0.15) is 32.2 Å². The molecule has 0 bridgehead atoms. The minimum atomic E-state index is -2.78. The third-order valence-corrected chi connectivity index (χ3v) is 6.61. The number of rotatable bonds is 5. The van der Waals surface area contributed by atoms with Crippen LogP contribution < -0.4 is 5.32 Å². The average molecular weight is 575 g/mol. The van der Waals surface area contributed by atoms with Gasteiger partial charge in [0.2, 0.25) is 0 Å². The quantitative estimate of drug-likeness (QED) is 0.492. The maximum atomic E-state index is 14.1. The number of hydrogen-bond acceptors (Lipinski definition) is 8. The maximum Gasteiger partial charge on any atom is 0.337 e. The number of aromatic nitrogens is 1. The molecule has 2 aromatic rings. The maximum absolute atomic E-state index is 14.1. The minimum absolute atomic E-state index is 0.136. The Labute approximate surface area is 228 Å². The van der Waals surface area contributed by atoms with Crippen LogP contribution in [0.2, 0.25) is 5.02 Å². The van der Waals surface area contributed by atoms with Crippen LogP contribution in [0.4, 0.5) is 13.2 Å². The summed E-state index contributed by atoms with van der Waals surface area (Å²) in [6.07, 6.45) is 1.88. The number of carboxylic acids is 1. The van der Waals surface area contributed by atoms with Crippen LogP contribution in [0.25, 0.3) is 0 Å². The van der Waals surface area contributed by atoms with Gasteiger partial charge in [0.05, 0.1) is 25.8 Å². The number of benzene rings is 1. The molecular weight excluding hydrogens is 545 g/mol. The van der Waals surface area contributed by atoms with E-state index in [0.29, 0.717) is 27.1 Å². The molecule has 208 valence electrons. The van der Waals surface area contributed by atoms with Gasteiger partial charge in [-0.1, -0.05) is 38.4 Å². The van der Waals surface area contributed by atoms with E-state index < -0.39 is 23.3 Å². The van der Waals surface area contributed by atoms with E-state index in [-0.39, 0.29) is 38.4 Å². The third-order valence-electron chi connectivity index (χ3n) is 5.60. The monoisotopic (exact) mass is 574 g/mol. The van der Waals surface area contributed by atoms with E-state index in [2.05, 4.69) is 15.3 Å². The van der Waals surface area contributed by atoms with Gasteiger partial charge >= 0.3 is 11.9 Å². The van der Waals surface area contributed by atoms with Gasteiger partial charge in [0.25, 0.3) is 5.92 Å². The van der Waals surface area contributed by atoms with Crippen molar-refractivity contribution >= 4 is 40.7 Å². The number of carboxylic acid groups (broad SMARTS) is 1. The van der Waals surface area contributed by atoms with Gasteiger partial charge in [-0.2, -0.15) is 0 Å². The van der Waals surface area contributed by atoms with Gasteiger partial charge in [-0.25, -0.2) is 22.9 Å². The zero-order chi connectivity index (χ0) is 28.5. The van der Waals surface area contributed by atoms with Crippen molar-refractivity contribution in [2.24, 2.45) is 10.4 Å². The second kappa shape index (κ2) is 13.7. The standard InChI is InChI=1S/C16H20F2N4O2S.C6H4ClF.C3H6O2/c1-15(2)8-22(9-16(15,17)18)7-11-10(14(23)24-3)6-20-12(21-11)13-19-4-5-25-13;7-5-2-1-3-6(8)4-5;1-2-3(4)5/h4-5H,6-9H2,1-3H3,(H,20,21);1-4H;2H2,1H3,(H,4,5). The van der Waals surface area contributed by atoms with Gasteiger partial charge in [0, 0.05) is 47.2 Å². The first-order chi connectivity index (χ1) is 17.8. The Morgan fingerprint density at radius 1 is 1.29 bits per heavy atom. The molecule has 38 heavy (non-hydrogen) atoms. The molecule has 0 radical (unpaired) electrons. The number of carbonyl (C=O) groups is 2. The van der Waals surface area contributed by atoms with Crippen molar-refractivity contribution in [1.29, 1.82) is 0 Å². The minimum Gasteiger partial charge on any atom is -0.481 e. The second-order valence-electron chi connectivity index (χ2n) is 9.00. The van der Waals surface area contributed by atoms with Crippen LogP contribution in [0.15, 0.2) is 52.1 Å². The number of esters is 1. The van der Waals surface area contributed by atoms with Crippen molar-refractivity contribution in [3.63, 3.8) is 0 Å². The number of amidine groups is 1. The number of nitrogens with zero attached hydrogens (tertiary/aromatic N) is 3. The number of alkyl halides is 2. The number of methoxy groups -OCH3 is 1. The molecule has 2 aliphatic rings. The number of ether oxygens (including phenoxy) is 1. The van der Waals surface area contributed by atoms with Crippen LogP contribution >= 0.6 is 22.9 Å². The lowest BCUT2D eigenvalue weighted by Gasteiger charge is -2.25. The first-order valence-corrected chi connectivity index (χ1v) is 12.8. The van der Waals surface area contributed by atoms with E-state index in [9.17, 15) is 22.8 Å². The normalized spacial score (nSPS) is 17.7. The smallest absolute Gasteiger partial charge is 0.337 e.